The first-order valence-corrected chi connectivity index (χ1v) is 10.3. The van der Waals surface area contributed by atoms with Crippen molar-refractivity contribution in [2.75, 3.05) is 9.62 Å². The Morgan fingerprint density at radius 1 is 1.19 bits per heavy atom. The molecule has 0 unspecified atom stereocenters. The van der Waals surface area contributed by atoms with E-state index in [1.807, 2.05) is 39.8 Å². The van der Waals surface area contributed by atoms with Crippen LogP contribution >= 0.6 is 0 Å². The van der Waals surface area contributed by atoms with Gasteiger partial charge in [0.2, 0.25) is 5.91 Å². The summed E-state index contributed by atoms with van der Waals surface area (Å²) >= 11 is 0. The molecular formula is C20H24N2O3S. The molecule has 1 N–H and O–H groups in total. The summed E-state index contributed by atoms with van der Waals surface area (Å²) in [6.45, 7) is 7.66. The fourth-order valence-electron chi connectivity index (χ4n) is 3.46. The van der Waals surface area contributed by atoms with Gasteiger partial charge in [-0.25, -0.2) is 8.42 Å². The van der Waals surface area contributed by atoms with Crippen molar-refractivity contribution < 1.29 is 13.2 Å². The molecule has 26 heavy (non-hydrogen) atoms. The fraction of sp³-hybridized carbons (Fsp3) is 0.350. The van der Waals surface area contributed by atoms with E-state index in [-0.39, 0.29) is 16.8 Å². The van der Waals surface area contributed by atoms with E-state index in [0.717, 1.165) is 22.4 Å². The van der Waals surface area contributed by atoms with Crippen molar-refractivity contribution in [2.24, 2.45) is 0 Å². The van der Waals surface area contributed by atoms with Crippen LogP contribution in [0.2, 0.25) is 0 Å². The topological polar surface area (TPSA) is 66.5 Å². The van der Waals surface area contributed by atoms with Crippen molar-refractivity contribution in [3.8, 4) is 0 Å². The van der Waals surface area contributed by atoms with Gasteiger partial charge in [0, 0.05) is 18.2 Å². The minimum atomic E-state index is -3.68. The van der Waals surface area contributed by atoms with Gasteiger partial charge in [-0.3, -0.25) is 9.52 Å². The second-order valence-electron chi connectivity index (χ2n) is 6.88. The number of carbonyl (C=O) groups is 1. The Hall–Kier alpha value is -2.34. The Balaban J connectivity index is 1.93. The predicted octanol–water partition coefficient (Wildman–Crippen LogP) is 3.79. The van der Waals surface area contributed by atoms with Gasteiger partial charge in [-0.1, -0.05) is 24.6 Å². The Morgan fingerprint density at radius 3 is 2.58 bits per heavy atom. The second-order valence-corrected chi connectivity index (χ2v) is 8.57. The molecule has 2 aromatic carbocycles. The summed E-state index contributed by atoms with van der Waals surface area (Å²) in [5, 5.41) is 0. The van der Waals surface area contributed by atoms with E-state index in [0.29, 0.717) is 18.5 Å². The average molecular weight is 372 g/mol. The van der Waals surface area contributed by atoms with Crippen molar-refractivity contribution in [1.29, 1.82) is 0 Å². The number of amides is 1. The fourth-order valence-corrected chi connectivity index (χ4v) is 4.64. The highest BCUT2D eigenvalue weighted by atomic mass is 32.2. The maximum atomic E-state index is 12.8. The molecule has 0 aromatic heterocycles. The summed E-state index contributed by atoms with van der Waals surface area (Å²) in [6.07, 6.45) is 1.09. The quantitative estimate of drug-likeness (QED) is 0.888. The van der Waals surface area contributed by atoms with Gasteiger partial charge in [0.1, 0.15) is 0 Å². The lowest BCUT2D eigenvalue weighted by atomic mass is 10.1. The van der Waals surface area contributed by atoms with Crippen LogP contribution in [0.4, 0.5) is 11.4 Å². The lowest BCUT2D eigenvalue weighted by Gasteiger charge is -2.22. The molecule has 138 valence electrons. The number of nitrogens with one attached hydrogen (secondary N) is 1. The second kappa shape index (κ2) is 6.76. The van der Waals surface area contributed by atoms with E-state index < -0.39 is 10.0 Å². The molecule has 1 amide bonds. The molecule has 2 aromatic rings. The van der Waals surface area contributed by atoms with E-state index in [1.165, 1.54) is 0 Å². The van der Waals surface area contributed by atoms with Gasteiger partial charge in [-0.2, -0.15) is 0 Å². The third kappa shape index (κ3) is 3.33. The van der Waals surface area contributed by atoms with Crippen LogP contribution in [0.1, 0.15) is 37.0 Å². The standard InChI is InChI=1S/C20H24N2O3S/c1-5-20(23)22-15(4)11-16-12-17(7-9-19(16)22)26(24,25)21-18-8-6-13(2)10-14(18)3/h6-10,12,15,21H,5,11H2,1-4H3/t15-/m0/s1. The summed E-state index contributed by atoms with van der Waals surface area (Å²) in [7, 11) is -3.68. The summed E-state index contributed by atoms with van der Waals surface area (Å²) in [5.74, 6) is 0.0558. The maximum absolute atomic E-state index is 12.8. The number of rotatable bonds is 4. The Morgan fingerprint density at radius 2 is 1.92 bits per heavy atom. The molecule has 0 saturated heterocycles. The Bertz CT molecular complexity index is 967. The minimum Gasteiger partial charge on any atom is -0.309 e. The van der Waals surface area contributed by atoms with E-state index in [1.54, 1.807) is 29.2 Å². The highest BCUT2D eigenvalue weighted by Crippen LogP contribution is 2.34. The molecular weight excluding hydrogens is 348 g/mol. The monoisotopic (exact) mass is 372 g/mol. The van der Waals surface area contributed by atoms with Crippen LogP contribution in [-0.4, -0.2) is 20.4 Å². The van der Waals surface area contributed by atoms with Crippen LogP contribution in [0.5, 0.6) is 0 Å². The Kier molecular flexibility index (Phi) is 4.80. The van der Waals surface area contributed by atoms with Gasteiger partial charge in [0.25, 0.3) is 10.0 Å². The largest absolute Gasteiger partial charge is 0.309 e. The molecule has 0 radical (unpaired) electrons. The SMILES string of the molecule is CCC(=O)N1c2ccc(S(=O)(=O)Nc3ccc(C)cc3C)cc2C[C@@H]1C. The van der Waals surface area contributed by atoms with Gasteiger partial charge in [0.05, 0.1) is 10.6 Å². The lowest BCUT2D eigenvalue weighted by Crippen LogP contribution is -2.35. The van der Waals surface area contributed by atoms with Crippen LogP contribution in [0.3, 0.4) is 0 Å². The van der Waals surface area contributed by atoms with E-state index in [9.17, 15) is 13.2 Å². The highest BCUT2D eigenvalue weighted by Gasteiger charge is 2.31. The molecule has 0 saturated carbocycles. The van der Waals surface area contributed by atoms with Gasteiger partial charge >= 0.3 is 0 Å². The van der Waals surface area contributed by atoms with Crippen LogP contribution in [0, 0.1) is 13.8 Å². The van der Waals surface area contributed by atoms with Crippen molar-refractivity contribution in [3.63, 3.8) is 0 Å². The first kappa shape index (κ1) is 18.5. The first-order valence-electron chi connectivity index (χ1n) is 8.78. The molecule has 0 fully saturated rings. The number of fused-ring (bicyclic) bond motifs is 1. The number of nitrogens with zero attached hydrogens (tertiary/aromatic N) is 1. The third-order valence-corrected chi connectivity index (χ3v) is 6.14. The Labute approximate surface area is 155 Å². The van der Waals surface area contributed by atoms with Crippen LogP contribution in [0.15, 0.2) is 41.3 Å². The molecule has 0 aliphatic carbocycles. The molecule has 1 aliphatic heterocycles. The number of carbonyl (C=O) groups excluding carboxylic acids is 1. The van der Waals surface area contributed by atoms with Crippen LogP contribution in [-0.2, 0) is 21.2 Å². The zero-order valence-corrected chi connectivity index (χ0v) is 16.4. The molecule has 1 aliphatic rings. The molecule has 6 heteroatoms. The summed E-state index contributed by atoms with van der Waals surface area (Å²) in [6, 6.07) is 10.6. The zero-order chi connectivity index (χ0) is 19.1. The predicted molar refractivity (Wildman–Crippen MR) is 104 cm³/mol. The molecule has 5 nitrogen and oxygen atoms in total. The van der Waals surface area contributed by atoms with Crippen molar-refractivity contribution in [2.45, 2.75) is 51.5 Å². The zero-order valence-electron chi connectivity index (χ0n) is 15.5. The summed E-state index contributed by atoms with van der Waals surface area (Å²) in [5.41, 5.74) is 4.24. The van der Waals surface area contributed by atoms with Gasteiger partial charge < -0.3 is 4.90 Å². The van der Waals surface area contributed by atoms with E-state index in [2.05, 4.69) is 4.72 Å². The number of hydrogen-bond donors (Lipinski definition) is 1. The van der Waals surface area contributed by atoms with Gasteiger partial charge in [-0.05, 0) is 62.6 Å². The van der Waals surface area contributed by atoms with E-state index in [4.69, 9.17) is 0 Å². The lowest BCUT2D eigenvalue weighted by molar-refractivity contribution is -0.118. The number of benzene rings is 2. The number of hydrogen-bond acceptors (Lipinski definition) is 3. The summed E-state index contributed by atoms with van der Waals surface area (Å²) < 4.78 is 28.3. The van der Waals surface area contributed by atoms with Crippen molar-refractivity contribution in [1.82, 2.24) is 0 Å². The molecule has 1 atom stereocenters. The first-order chi connectivity index (χ1) is 12.2. The van der Waals surface area contributed by atoms with Crippen LogP contribution < -0.4 is 9.62 Å². The number of aryl methyl sites for hydroxylation is 2. The molecule has 0 spiro atoms. The van der Waals surface area contributed by atoms with Crippen molar-refractivity contribution in [3.05, 3.63) is 53.1 Å². The molecule has 3 rings (SSSR count). The third-order valence-electron chi connectivity index (χ3n) is 4.77. The molecule has 0 bridgehead atoms. The van der Waals surface area contributed by atoms with Crippen molar-refractivity contribution >= 4 is 27.3 Å². The summed E-state index contributed by atoms with van der Waals surface area (Å²) in [4.78, 5) is 14.2. The van der Waals surface area contributed by atoms with Gasteiger partial charge in [-0.15, -0.1) is 0 Å². The highest BCUT2D eigenvalue weighted by molar-refractivity contribution is 7.92. The molecule has 1 heterocycles. The number of anilines is 2. The normalized spacial score (nSPS) is 16.5. The van der Waals surface area contributed by atoms with E-state index >= 15 is 0 Å². The van der Waals surface area contributed by atoms with Gasteiger partial charge in [0.15, 0.2) is 0 Å². The smallest absolute Gasteiger partial charge is 0.261 e. The number of sulfonamides is 1. The average Bonchev–Trinajstić information content (AvgIpc) is 2.91. The minimum absolute atomic E-state index is 0.0442. The maximum Gasteiger partial charge on any atom is 0.261 e. The van der Waals surface area contributed by atoms with Crippen LogP contribution in [0.25, 0.3) is 0 Å².